The van der Waals surface area contributed by atoms with E-state index in [2.05, 4.69) is 22.2 Å². The molecule has 2 aliphatic heterocycles. The summed E-state index contributed by atoms with van der Waals surface area (Å²) in [7, 11) is 5.40. The van der Waals surface area contributed by atoms with Crippen molar-refractivity contribution in [2.24, 2.45) is 0 Å². The minimum atomic E-state index is 0.0533. The summed E-state index contributed by atoms with van der Waals surface area (Å²) in [6, 6.07) is 3.94. The van der Waals surface area contributed by atoms with E-state index >= 15 is 0 Å². The van der Waals surface area contributed by atoms with Gasteiger partial charge in [-0.1, -0.05) is 11.6 Å². The number of halogens is 1. The van der Waals surface area contributed by atoms with E-state index in [0.29, 0.717) is 22.9 Å². The first kappa shape index (κ1) is 19.3. The highest BCUT2D eigenvalue weighted by Crippen LogP contribution is 2.37. The van der Waals surface area contributed by atoms with Crippen molar-refractivity contribution in [3.63, 3.8) is 0 Å². The summed E-state index contributed by atoms with van der Waals surface area (Å²) in [5.41, 5.74) is 1.16. The fraction of sp³-hybridized carbons (Fsp3) is 0.632. The number of nitrogens with zero attached hydrogens (tertiary/aromatic N) is 2. The van der Waals surface area contributed by atoms with Gasteiger partial charge in [-0.2, -0.15) is 0 Å². The molecule has 3 rings (SSSR count). The second-order valence-corrected chi connectivity index (χ2v) is 7.68. The second-order valence-electron chi connectivity index (χ2n) is 7.27. The minimum absolute atomic E-state index is 0.0533. The highest BCUT2D eigenvalue weighted by molar-refractivity contribution is 6.32. The third kappa shape index (κ3) is 3.92. The van der Waals surface area contributed by atoms with E-state index in [1.165, 1.54) is 0 Å². The Morgan fingerprint density at radius 2 is 2.04 bits per heavy atom. The molecule has 0 bridgehead atoms. The fourth-order valence-electron chi connectivity index (χ4n) is 4.13. The molecule has 1 aromatic carbocycles. The van der Waals surface area contributed by atoms with Crippen molar-refractivity contribution in [3.05, 3.63) is 22.7 Å². The van der Waals surface area contributed by atoms with E-state index in [-0.39, 0.29) is 11.4 Å². The summed E-state index contributed by atoms with van der Waals surface area (Å²) < 4.78 is 10.7. The van der Waals surface area contributed by atoms with E-state index in [0.717, 1.165) is 51.1 Å². The number of carbonyl (C=O) groups excluding carboxylic acids is 1. The number of amides is 1. The monoisotopic (exact) mass is 381 g/mol. The predicted octanol–water partition coefficient (Wildman–Crippen LogP) is 2.14. The lowest BCUT2D eigenvalue weighted by molar-refractivity contribution is -0.121. The lowest BCUT2D eigenvalue weighted by Crippen LogP contribution is -2.60. The van der Waals surface area contributed by atoms with Gasteiger partial charge in [0.05, 0.1) is 19.2 Å². The van der Waals surface area contributed by atoms with Crippen LogP contribution < -0.4 is 14.8 Å². The van der Waals surface area contributed by atoms with Crippen molar-refractivity contribution in [1.29, 1.82) is 0 Å². The number of likely N-dealkylation sites (N-methyl/N-ethyl adjacent to an activating group) is 1. The quantitative estimate of drug-likeness (QED) is 0.866. The van der Waals surface area contributed by atoms with Crippen molar-refractivity contribution in [1.82, 2.24) is 15.1 Å². The zero-order valence-electron chi connectivity index (χ0n) is 15.8. The Morgan fingerprint density at radius 1 is 1.23 bits per heavy atom. The van der Waals surface area contributed by atoms with Crippen LogP contribution in [0.15, 0.2) is 12.1 Å². The smallest absolute Gasteiger partial charge is 0.220 e. The molecule has 1 N–H and O–H groups in total. The Kier molecular flexibility index (Phi) is 5.95. The number of nitrogens with one attached hydrogen (secondary N) is 1. The number of rotatable bonds is 4. The number of hydrogen-bond donors (Lipinski definition) is 1. The molecule has 1 spiro atoms. The largest absolute Gasteiger partial charge is 0.493 e. The van der Waals surface area contributed by atoms with E-state index in [1.807, 2.05) is 12.1 Å². The van der Waals surface area contributed by atoms with Crippen LogP contribution in [0.25, 0.3) is 0 Å². The summed E-state index contributed by atoms with van der Waals surface area (Å²) in [5, 5.41) is 3.57. The maximum Gasteiger partial charge on any atom is 0.220 e. The van der Waals surface area contributed by atoms with Crippen molar-refractivity contribution in [2.45, 2.75) is 31.3 Å². The zero-order valence-corrected chi connectivity index (χ0v) is 16.6. The maximum atomic E-state index is 11.8. The van der Waals surface area contributed by atoms with Gasteiger partial charge in [0.1, 0.15) is 0 Å². The Morgan fingerprint density at radius 3 is 2.77 bits per heavy atom. The normalized spacial score (nSPS) is 25.0. The van der Waals surface area contributed by atoms with Crippen LogP contribution in [0.4, 0.5) is 0 Å². The fourth-order valence-corrected chi connectivity index (χ4v) is 4.44. The summed E-state index contributed by atoms with van der Waals surface area (Å²) in [6.07, 6.45) is 2.48. The van der Waals surface area contributed by atoms with E-state index < -0.39 is 0 Å². The van der Waals surface area contributed by atoms with Crippen LogP contribution >= 0.6 is 11.6 Å². The van der Waals surface area contributed by atoms with E-state index in [4.69, 9.17) is 21.1 Å². The summed E-state index contributed by atoms with van der Waals surface area (Å²) in [4.78, 5) is 16.7. The van der Waals surface area contributed by atoms with Crippen LogP contribution in [-0.4, -0.2) is 68.7 Å². The van der Waals surface area contributed by atoms with Crippen molar-refractivity contribution >= 4 is 17.5 Å². The van der Waals surface area contributed by atoms with Gasteiger partial charge in [0.25, 0.3) is 0 Å². The number of carbonyl (C=O) groups is 1. The Hall–Kier alpha value is -1.50. The molecule has 0 aliphatic carbocycles. The lowest BCUT2D eigenvalue weighted by Gasteiger charge is -2.49. The van der Waals surface area contributed by atoms with E-state index in [9.17, 15) is 4.79 Å². The topological polar surface area (TPSA) is 54.0 Å². The van der Waals surface area contributed by atoms with Gasteiger partial charge in [-0.25, -0.2) is 0 Å². The second kappa shape index (κ2) is 8.03. The average molecular weight is 382 g/mol. The van der Waals surface area contributed by atoms with Crippen LogP contribution in [0.3, 0.4) is 0 Å². The number of benzene rings is 1. The molecule has 26 heavy (non-hydrogen) atoms. The van der Waals surface area contributed by atoms with Crippen LogP contribution in [0.1, 0.15) is 24.8 Å². The molecule has 1 unspecified atom stereocenters. The maximum absolute atomic E-state index is 11.8. The molecule has 2 saturated heterocycles. The van der Waals surface area contributed by atoms with Gasteiger partial charge < -0.3 is 14.8 Å². The van der Waals surface area contributed by atoms with Crippen molar-refractivity contribution in [3.8, 4) is 11.5 Å². The molecule has 7 heteroatoms. The average Bonchev–Trinajstić information content (AvgIpc) is 2.80. The van der Waals surface area contributed by atoms with Gasteiger partial charge in [0.15, 0.2) is 11.5 Å². The molecule has 144 valence electrons. The third-order valence-corrected chi connectivity index (χ3v) is 5.99. The number of piperazine rings is 1. The first-order valence-corrected chi connectivity index (χ1v) is 9.46. The van der Waals surface area contributed by atoms with Gasteiger partial charge >= 0.3 is 0 Å². The Balaban J connectivity index is 1.76. The summed E-state index contributed by atoms with van der Waals surface area (Å²) in [5.74, 6) is 1.39. The SMILES string of the molecule is COc1cc(CN2CCN(C)C3(CCNC(=O)CC3)C2)cc(Cl)c1OC. The first-order chi connectivity index (χ1) is 12.5. The van der Waals surface area contributed by atoms with Gasteiger partial charge in [-0.3, -0.25) is 14.6 Å². The summed E-state index contributed by atoms with van der Waals surface area (Å²) >= 11 is 6.36. The van der Waals surface area contributed by atoms with Gasteiger partial charge in [-0.15, -0.1) is 0 Å². The van der Waals surface area contributed by atoms with Gasteiger partial charge in [-0.05, 0) is 37.6 Å². The number of hydrogen-bond acceptors (Lipinski definition) is 5. The molecule has 0 aromatic heterocycles. The molecule has 6 nitrogen and oxygen atoms in total. The molecule has 0 radical (unpaired) electrons. The van der Waals surface area contributed by atoms with Crippen molar-refractivity contribution in [2.75, 3.05) is 47.4 Å². The van der Waals surface area contributed by atoms with Gasteiger partial charge in [0.2, 0.25) is 5.91 Å². The number of methoxy groups -OCH3 is 2. The van der Waals surface area contributed by atoms with Crippen LogP contribution in [0.5, 0.6) is 11.5 Å². The van der Waals surface area contributed by atoms with Crippen LogP contribution in [0, 0.1) is 0 Å². The zero-order chi connectivity index (χ0) is 18.7. The molecule has 2 aliphatic rings. The van der Waals surface area contributed by atoms with Crippen LogP contribution in [0.2, 0.25) is 5.02 Å². The van der Waals surface area contributed by atoms with Crippen molar-refractivity contribution < 1.29 is 14.3 Å². The number of ether oxygens (including phenoxy) is 2. The Bertz CT molecular complexity index is 670. The molecule has 2 heterocycles. The minimum Gasteiger partial charge on any atom is -0.493 e. The molecule has 0 saturated carbocycles. The van der Waals surface area contributed by atoms with E-state index in [1.54, 1.807) is 14.2 Å². The molecule has 1 atom stereocenters. The molecular formula is C19H28ClN3O3. The predicted molar refractivity (Wildman–Crippen MR) is 102 cm³/mol. The highest BCUT2D eigenvalue weighted by Gasteiger charge is 2.40. The van der Waals surface area contributed by atoms with Crippen LogP contribution in [-0.2, 0) is 11.3 Å². The highest BCUT2D eigenvalue weighted by atomic mass is 35.5. The standard InChI is InChI=1S/C19H28ClN3O3/c1-22-8-9-23(13-19(22)5-4-17(24)21-7-6-19)12-14-10-15(20)18(26-3)16(11-14)25-2/h10-11H,4-9,12-13H2,1-3H3,(H,21,24). The molecule has 2 fully saturated rings. The molecule has 1 amide bonds. The molecular weight excluding hydrogens is 354 g/mol. The lowest BCUT2D eigenvalue weighted by atomic mass is 9.86. The van der Waals surface area contributed by atoms with Gasteiger partial charge in [0, 0.05) is 44.7 Å². The Labute approximate surface area is 160 Å². The third-order valence-electron chi connectivity index (χ3n) is 5.71. The molecule has 1 aromatic rings. The first-order valence-electron chi connectivity index (χ1n) is 9.08. The summed E-state index contributed by atoms with van der Waals surface area (Å²) in [6.45, 7) is 4.49.